The van der Waals surface area contributed by atoms with Gasteiger partial charge in [-0.3, -0.25) is 4.79 Å². The summed E-state index contributed by atoms with van der Waals surface area (Å²) in [4.78, 5) is 13.1. The number of H-pyrrole nitrogens is 1. The first kappa shape index (κ1) is 24.4. The minimum Gasteiger partial charge on any atom is -0.496 e. The maximum Gasteiger partial charge on any atom is 0.291 e. The molecule has 0 saturated carbocycles. The zero-order valence-corrected chi connectivity index (χ0v) is 20.4. The zero-order chi connectivity index (χ0) is 25.7. The number of amides is 1. The van der Waals surface area contributed by atoms with Crippen LogP contribution in [0.5, 0.6) is 28.7 Å². The van der Waals surface area contributed by atoms with E-state index in [0.717, 1.165) is 5.56 Å². The van der Waals surface area contributed by atoms with Gasteiger partial charge < -0.3 is 33.4 Å². The van der Waals surface area contributed by atoms with Gasteiger partial charge in [0, 0.05) is 30.2 Å². The van der Waals surface area contributed by atoms with E-state index in [1.165, 1.54) is 14.2 Å². The van der Waals surface area contributed by atoms with E-state index in [2.05, 4.69) is 25.9 Å². The lowest BCUT2D eigenvalue weighted by atomic mass is 10.1. The van der Waals surface area contributed by atoms with Crippen molar-refractivity contribution in [2.45, 2.75) is 6.42 Å². The van der Waals surface area contributed by atoms with Gasteiger partial charge in [0.15, 0.2) is 17.3 Å². The Kier molecular flexibility index (Phi) is 7.23. The van der Waals surface area contributed by atoms with Gasteiger partial charge in [0.1, 0.15) is 23.0 Å². The first-order valence-corrected chi connectivity index (χ1v) is 10.7. The summed E-state index contributed by atoms with van der Waals surface area (Å²) in [6, 6.07) is 10.1. The van der Waals surface area contributed by atoms with E-state index in [-0.39, 0.29) is 11.6 Å². The highest BCUT2D eigenvalue weighted by molar-refractivity contribution is 6.04. The second-order valence-corrected chi connectivity index (χ2v) is 7.40. The monoisotopic (exact) mass is 495 g/mol. The van der Waals surface area contributed by atoms with Crippen LogP contribution >= 0.6 is 0 Å². The molecule has 0 aliphatic carbocycles. The van der Waals surface area contributed by atoms with Gasteiger partial charge in [-0.25, -0.2) is 0 Å². The predicted molar refractivity (Wildman–Crippen MR) is 128 cm³/mol. The van der Waals surface area contributed by atoms with Crippen molar-refractivity contribution in [3.05, 3.63) is 53.5 Å². The lowest BCUT2D eigenvalue weighted by Crippen LogP contribution is -2.12. The Labute approximate surface area is 206 Å². The molecule has 12 heteroatoms. The third-order valence-corrected chi connectivity index (χ3v) is 5.41. The third kappa shape index (κ3) is 4.87. The molecule has 36 heavy (non-hydrogen) atoms. The molecule has 0 aliphatic rings. The number of carbonyl (C=O) groups excluding carboxylic acids is 1. The van der Waals surface area contributed by atoms with Crippen molar-refractivity contribution in [2.24, 2.45) is 0 Å². The standard InChI is InChI=1S/C24H25N5O7/c1-31-14-9-19(32-2)16(20(10-14)33-3)8-13-6-7-18(36-13)24(30)25-17-12-22(35-5)21(34-4)11-15(17)23-26-28-29-27-23/h6-7,9-12H,8H2,1-5H3,(H,25,30)(H,26,27,28,29). The van der Waals surface area contributed by atoms with Gasteiger partial charge in [0.05, 0.1) is 46.8 Å². The van der Waals surface area contributed by atoms with Gasteiger partial charge in [-0.15, -0.1) is 10.2 Å². The number of aromatic nitrogens is 4. The van der Waals surface area contributed by atoms with Crippen LogP contribution in [-0.2, 0) is 6.42 Å². The molecule has 0 atom stereocenters. The molecule has 0 saturated heterocycles. The molecule has 0 bridgehead atoms. The maximum atomic E-state index is 13.1. The molecule has 1 amide bonds. The van der Waals surface area contributed by atoms with Crippen LogP contribution in [0.25, 0.3) is 11.4 Å². The van der Waals surface area contributed by atoms with Crippen LogP contribution in [0.2, 0.25) is 0 Å². The highest BCUT2D eigenvalue weighted by Crippen LogP contribution is 2.38. The van der Waals surface area contributed by atoms with Gasteiger partial charge in [-0.1, -0.05) is 0 Å². The second kappa shape index (κ2) is 10.7. The molecule has 4 aromatic rings. The van der Waals surface area contributed by atoms with Gasteiger partial charge in [-0.2, -0.15) is 5.21 Å². The van der Waals surface area contributed by atoms with Crippen molar-refractivity contribution in [1.29, 1.82) is 0 Å². The Balaban J connectivity index is 1.61. The van der Waals surface area contributed by atoms with Gasteiger partial charge >= 0.3 is 0 Å². The van der Waals surface area contributed by atoms with Crippen LogP contribution < -0.4 is 29.0 Å². The number of nitrogens with one attached hydrogen (secondary N) is 2. The molecule has 2 N–H and O–H groups in total. The summed E-state index contributed by atoms with van der Waals surface area (Å²) in [7, 11) is 7.69. The summed E-state index contributed by atoms with van der Waals surface area (Å²) >= 11 is 0. The molecule has 4 rings (SSSR count). The smallest absolute Gasteiger partial charge is 0.291 e. The minimum atomic E-state index is -0.480. The number of nitrogens with zero attached hydrogens (tertiary/aromatic N) is 3. The Morgan fingerprint density at radius 1 is 0.889 bits per heavy atom. The number of rotatable bonds is 10. The predicted octanol–water partition coefficient (Wildman–Crippen LogP) is 3.35. The number of tetrazole rings is 1. The summed E-state index contributed by atoms with van der Waals surface area (Å²) < 4.78 is 32.9. The normalized spacial score (nSPS) is 10.6. The summed E-state index contributed by atoms with van der Waals surface area (Å²) in [6.07, 6.45) is 0.327. The number of methoxy groups -OCH3 is 5. The highest BCUT2D eigenvalue weighted by atomic mass is 16.5. The highest BCUT2D eigenvalue weighted by Gasteiger charge is 2.21. The van der Waals surface area contributed by atoms with E-state index >= 15 is 0 Å². The number of hydrogen-bond donors (Lipinski definition) is 2. The van der Waals surface area contributed by atoms with Gasteiger partial charge in [-0.05, 0) is 23.4 Å². The first-order chi connectivity index (χ1) is 17.5. The van der Waals surface area contributed by atoms with Crippen molar-refractivity contribution >= 4 is 11.6 Å². The van der Waals surface area contributed by atoms with Crippen molar-refractivity contribution in [1.82, 2.24) is 20.6 Å². The molecule has 2 aromatic carbocycles. The molecule has 2 heterocycles. The van der Waals surface area contributed by atoms with Gasteiger partial charge in [0.25, 0.3) is 5.91 Å². The molecular weight excluding hydrogens is 470 g/mol. The third-order valence-electron chi connectivity index (χ3n) is 5.41. The number of ether oxygens (including phenoxy) is 5. The molecule has 0 spiro atoms. The van der Waals surface area contributed by atoms with E-state index in [0.29, 0.717) is 52.2 Å². The SMILES string of the molecule is COc1cc(OC)c(Cc2ccc(C(=O)Nc3cc(OC)c(OC)cc3-c3nn[nH]n3)o2)c(OC)c1. The van der Waals surface area contributed by atoms with E-state index in [1.54, 1.807) is 57.7 Å². The fourth-order valence-electron chi connectivity index (χ4n) is 3.65. The molecule has 0 aliphatic heterocycles. The van der Waals surface area contributed by atoms with Crippen molar-refractivity contribution in [2.75, 3.05) is 40.9 Å². The summed E-state index contributed by atoms with van der Waals surface area (Å²) in [5.74, 6) is 3.03. The topological polar surface area (TPSA) is 143 Å². The van der Waals surface area contributed by atoms with Crippen LogP contribution in [0.3, 0.4) is 0 Å². The Morgan fingerprint density at radius 2 is 1.56 bits per heavy atom. The fourth-order valence-corrected chi connectivity index (χ4v) is 3.65. The Hall–Kier alpha value is -4.74. The number of benzene rings is 2. The Bertz CT molecular complexity index is 1330. The van der Waals surface area contributed by atoms with Crippen LogP contribution in [0.15, 0.2) is 40.8 Å². The number of aromatic amines is 1. The Morgan fingerprint density at radius 3 is 2.14 bits per heavy atom. The number of anilines is 1. The number of hydrogen-bond acceptors (Lipinski definition) is 10. The molecule has 188 valence electrons. The van der Waals surface area contributed by atoms with Crippen molar-refractivity contribution in [3.8, 4) is 40.1 Å². The van der Waals surface area contributed by atoms with E-state index in [4.69, 9.17) is 28.1 Å². The zero-order valence-electron chi connectivity index (χ0n) is 20.4. The van der Waals surface area contributed by atoms with Crippen LogP contribution in [0.4, 0.5) is 5.69 Å². The molecular formula is C24H25N5O7. The quantitative estimate of drug-likeness (QED) is 0.336. The molecule has 2 aromatic heterocycles. The summed E-state index contributed by atoms with van der Waals surface area (Å²) in [6.45, 7) is 0. The molecule has 0 unspecified atom stereocenters. The minimum absolute atomic E-state index is 0.102. The summed E-state index contributed by atoms with van der Waals surface area (Å²) in [5.41, 5.74) is 1.62. The summed E-state index contributed by atoms with van der Waals surface area (Å²) in [5, 5.41) is 16.8. The van der Waals surface area contributed by atoms with Crippen molar-refractivity contribution < 1.29 is 32.9 Å². The van der Waals surface area contributed by atoms with Gasteiger partial charge in [0.2, 0.25) is 5.82 Å². The largest absolute Gasteiger partial charge is 0.496 e. The molecule has 0 radical (unpaired) electrons. The molecule has 0 fully saturated rings. The molecule has 12 nitrogen and oxygen atoms in total. The number of carbonyl (C=O) groups is 1. The second-order valence-electron chi connectivity index (χ2n) is 7.40. The van der Waals surface area contributed by atoms with Crippen LogP contribution in [-0.4, -0.2) is 62.1 Å². The van der Waals surface area contributed by atoms with Crippen molar-refractivity contribution in [3.63, 3.8) is 0 Å². The average Bonchev–Trinajstić information content (AvgIpc) is 3.61. The van der Waals surface area contributed by atoms with E-state index in [9.17, 15) is 4.79 Å². The fraction of sp³-hybridized carbons (Fsp3) is 0.250. The number of furan rings is 1. The van der Waals surface area contributed by atoms with E-state index < -0.39 is 5.91 Å². The average molecular weight is 495 g/mol. The van der Waals surface area contributed by atoms with E-state index in [1.807, 2.05) is 0 Å². The first-order valence-electron chi connectivity index (χ1n) is 10.7. The lowest BCUT2D eigenvalue weighted by molar-refractivity contribution is 0.0995. The van der Waals surface area contributed by atoms with Crippen LogP contribution in [0.1, 0.15) is 21.9 Å². The lowest BCUT2D eigenvalue weighted by Gasteiger charge is -2.14. The van der Waals surface area contributed by atoms with Crippen LogP contribution in [0, 0.1) is 0 Å². The maximum absolute atomic E-state index is 13.1.